The molecule has 3 rings (SSSR count). The number of ketones is 1. The van der Waals surface area contributed by atoms with Gasteiger partial charge in [0.25, 0.3) is 0 Å². The smallest absolute Gasteiger partial charge is 0.148 e. The third-order valence-electron chi connectivity index (χ3n) is 5.32. The summed E-state index contributed by atoms with van der Waals surface area (Å²) in [6, 6.07) is 4.15. The number of aromatic nitrogens is 1. The maximum atomic E-state index is 13.4. The molecule has 3 heteroatoms. The van der Waals surface area contributed by atoms with Gasteiger partial charge in [-0.05, 0) is 63.2 Å². The number of hydrogen-bond acceptors (Lipinski definition) is 3. The molecule has 1 unspecified atom stereocenters. The number of nitrogens with zero attached hydrogens (tertiary/aromatic N) is 1. The van der Waals surface area contributed by atoms with Crippen LogP contribution in [-0.2, 0) is 11.2 Å². The number of aryl methyl sites for hydroxylation is 1. The Labute approximate surface area is 127 Å². The molecule has 1 aromatic rings. The van der Waals surface area contributed by atoms with Gasteiger partial charge in [-0.15, -0.1) is 0 Å². The molecule has 1 aliphatic heterocycles. The van der Waals surface area contributed by atoms with E-state index in [4.69, 9.17) is 0 Å². The summed E-state index contributed by atoms with van der Waals surface area (Å²) < 4.78 is 0. The molecule has 1 atom stereocenters. The van der Waals surface area contributed by atoms with E-state index >= 15 is 0 Å². The quantitative estimate of drug-likeness (QED) is 0.924. The van der Waals surface area contributed by atoms with Crippen LogP contribution in [0, 0.1) is 5.41 Å². The summed E-state index contributed by atoms with van der Waals surface area (Å²) in [7, 11) is 0. The van der Waals surface area contributed by atoms with Crippen LogP contribution in [0.2, 0.25) is 0 Å². The van der Waals surface area contributed by atoms with Crippen molar-refractivity contribution in [2.75, 3.05) is 13.1 Å². The number of fused-ring (bicyclic) bond motifs is 1. The maximum absolute atomic E-state index is 13.4. The number of pyridine rings is 1. The standard InChI is InChI=1S/C18H26N2O/c1-2-8-18(9-12-19-13-10-18)17(21)15-7-3-5-14-6-4-11-20-16(14)15/h4,6,11,15,19H,2-3,5,7-10,12-13H2,1H3. The lowest BCUT2D eigenvalue weighted by Crippen LogP contribution is -2.44. The molecule has 0 bridgehead atoms. The van der Waals surface area contributed by atoms with E-state index in [9.17, 15) is 4.79 Å². The first-order chi connectivity index (χ1) is 10.3. The van der Waals surface area contributed by atoms with Crippen molar-refractivity contribution in [1.29, 1.82) is 0 Å². The Hall–Kier alpha value is -1.22. The minimum atomic E-state index is -0.100. The summed E-state index contributed by atoms with van der Waals surface area (Å²) in [6.07, 6.45) is 9.16. The summed E-state index contributed by atoms with van der Waals surface area (Å²) in [4.78, 5) is 17.9. The predicted octanol–water partition coefficient (Wildman–Crippen LogP) is 3.24. The van der Waals surface area contributed by atoms with Crippen molar-refractivity contribution in [2.24, 2.45) is 5.41 Å². The van der Waals surface area contributed by atoms with Crippen molar-refractivity contribution in [3.05, 3.63) is 29.6 Å². The maximum Gasteiger partial charge on any atom is 0.148 e. The largest absolute Gasteiger partial charge is 0.317 e. The highest BCUT2D eigenvalue weighted by atomic mass is 16.1. The minimum absolute atomic E-state index is 0.0413. The van der Waals surface area contributed by atoms with Gasteiger partial charge in [-0.25, -0.2) is 0 Å². The summed E-state index contributed by atoms with van der Waals surface area (Å²) in [5.41, 5.74) is 2.27. The Morgan fingerprint density at radius 3 is 3.00 bits per heavy atom. The number of carbonyl (C=O) groups is 1. The molecule has 0 amide bonds. The first kappa shape index (κ1) is 14.7. The lowest BCUT2D eigenvalue weighted by atomic mass is 9.66. The molecule has 1 aliphatic carbocycles. The number of rotatable bonds is 4. The zero-order valence-electron chi connectivity index (χ0n) is 13.0. The van der Waals surface area contributed by atoms with Crippen LogP contribution in [0.25, 0.3) is 0 Å². The van der Waals surface area contributed by atoms with Gasteiger partial charge < -0.3 is 5.32 Å². The summed E-state index contributed by atoms with van der Waals surface area (Å²) in [5.74, 6) is 0.519. The summed E-state index contributed by atoms with van der Waals surface area (Å²) in [6.45, 7) is 4.16. The van der Waals surface area contributed by atoms with Crippen LogP contribution in [0.1, 0.15) is 62.6 Å². The molecular formula is C18H26N2O. The van der Waals surface area contributed by atoms with Crippen LogP contribution in [0.5, 0.6) is 0 Å². The second-order valence-corrected chi connectivity index (χ2v) is 6.64. The summed E-state index contributed by atoms with van der Waals surface area (Å²) >= 11 is 0. The van der Waals surface area contributed by atoms with Gasteiger partial charge in [0.2, 0.25) is 0 Å². The van der Waals surface area contributed by atoms with Gasteiger partial charge in [-0.2, -0.15) is 0 Å². The zero-order chi connectivity index (χ0) is 14.7. The number of piperidine rings is 1. The first-order valence-electron chi connectivity index (χ1n) is 8.46. The van der Waals surface area contributed by atoms with Crippen LogP contribution >= 0.6 is 0 Å². The third-order valence-corrected chi connectivity index (χ3v) is 5.32. The second-order valence-electron chi connectivity index (χ2n) is 6.64. The molecule has 2 aliphatic rings. The molecule has 114 valence electrons. The van der Waals surface area contributed by atoms with Crippen molar-refractivity contribution in [3.8, 4) is 0 Å². The fraction of sp³-hybridized carbons (Fsp3) is 0.667. The molecule has 1 N–H and O–H groups in total. The van der Waals surface area contributed by atoms with E-state index in [1.165, 1.54) is 5.56 Å². The minimum Gasteiger partial charge on any atom is -0.317 e. The van der Waals surface area contributed by atoms with Gasteiger partial charge in [0, 0.05) is 11.6 Å². The highest BCUT2D eigenvalue weighted by Crippen LogP contribution is 2.43. The molecule has 0 aromatic carbocycles. The van der Waals surface area contributed by atoms with Gasteiger partial charge >= 0.3 is 0 Å². The van der Waals surface area contributed by atoms with Gasteiger partial charge in [0.05, 0.1) is 11.6 Å². The predicted molar refractivity (Wildman–Crippen MR) is 84.4 cm³/mol. The highest BCUT2D eigenvalue weighted by Gasteiger charge is 2.43. The average molecular weight is 286 g/mol. The SMILES string of the molecule is CCCC1(C(=O)C2CCCc3cccnc32)CCNCC1. The van der Waals surface area contributed by atoms with Gasteiger partial charge in [0.1, 0.15) is 5.78 Å². The lowest BCUT2D eigenvalue weighted by Gasteiger charge is -2.39. The van der Waals surface area contributed by atoms with E-state index in [0.717, 1.165) is 63.7 Å². The van der Waals surface area contributed by atoms with Crippen molar-refractivity contribution in [3.63, 3.8) is 0 Å². The Balaban J connectivity index is 1.90. The van der Waals surface area contributed by atoms with Crippen LogP contribution < -0.4 is 5.32 Å². The molecule has 0 radical (unpaired) electrons. The van der Waals surface area contributed by atoms with Crippen LogP contribution in [0.4, 0.5) is 0 Å². The van der Waals surface area contributed by atoms with Crippen molar-refractivity contribution >= 4 is 5.78 Å². The zero-order valence-corrected chi connectivity index (χ0v) is 13.0. The Bertz CT molecular complexity index is 500. The molecule has 0 spiro atoms. The molecular weight excluding hydrogens is 260 g/mol. The van der Waals surface area contributed by atoms with Gasteiger partial charge in [-0.3, -0.25) is 9.78 Å². The Morgan fingerprint density at radius 2 is 2.24 bits per heavy atom. The van der Waals surface area contributed by atoms with Crippen molar-refractivity contribution in [1.82, 2.24) is 10.3 Å². The first-order valence-corrected chi connectivity index (χ1v) is 8.46. The van der Waals surface area contributed by atoms with E-state index in [2.05, 4.69) is 23.3 Å². The molecule has 1 saturated heterocycles. The van der Waals surface area contributed by atoms with Crippen molar-refractivity contribution < 1.29 is 4.79 Å². The van der Waals surface area contributed by atoms with Gasteiger partial charge in [0.15, 0.2) is 0 Å². The Morgan fingerprint density at radius 1 is 1.43 bits per heavy atom. The van der Waals surface area contributed by atoms with E-state index in [1.807, 2.05) is 12.3 Å². The Kier molecular flexibility index (Phi) is 4.39. The lowest BCUT2D eigenvalue weighted by molar-refractivity contribution is -0.132. The van der Waals surface area contributed by atoms with Crippen LogP contribution in [-0.4, -0.2) is 23.9 Å². The number of nitrogens with one attached hydrogen (secondary N) is 1. The van der Waals surface area contributed by atoms with E-state index in [-0.39, 0.29) is 11.3 Å². The average Bonchev–Trinajstić information content (AvgIpc) is 2.55. The molecule has 1 aromatic heterocycles. The molecule has 1 fully saturated rings. The molecule has 21 heavy (non-hydrogen) atoms. The molecule has 3 nitrogen and oxygen atoms in total. The highest BCUT2D eigenvalue weighted by molar-refractivity contribution is 5.91. The molecule has 0 saturated carbocycles. The topological polar surface area (TPSA) is 42.0 Å². The fourth-order valence-corrected chi connectivity index (χ4v) is 4.24. The number of Topliss-reactive ketones (excluding diaryl/α,β-unsaturated/α-hetero) is 1. The van der Waals surface area contributed by atoms with E-state index < -0.39 is 0 Å². The van der Waals surface area contributed by atoms with Crippen LogP contribution in [0.3, 0.4) is 0 Å². The van der Waals surface area contributed by atoms with Crippen molar-refractivity contribution in [2.45, 2.75) is 57.8 Å². The fourth-order valence-electron chi connectivity index (χ4n) is 4.24. The number of hydrogen-bond donors (Lipinski definition) is 1. The second kappa shape index (κ2) is 6.27. The summed E-state index contributed by atoms with van der Waals surface area (Å²) in [5, 5.41) is 3.41. The van der Waals surface area contributed by atoms with E-state index in [0.29, 0.717) is 5.78 Å². The normalized spacial score (nSPS) is 24.3. The monoisotopic (exact) mass is 286 g/mol. The van der Waals surface area contributed by atoms with Gasteiger partial charge in [-0.1, -0.05) is 19.4 Å². The molecule has 2 heterocycles. The number of carbonyl (C=O) groups excluding carboxylic acids is 1. The van der Waals surface area contributed by atoms with Crippen LogP contribution in [0.15, 0.2) is 18.3 Å². The third kappa shape index (κ3) is 2.76. The van der Waals surface area contributed by atoms with E-state index in [1.54, 1.807) is 0 Å².